The van der Waals surface area contributed by atoms with Crippen LogP contribution in [0.15, 0.2) is 18.3 Å². The molecule has 1 aliphatic heterocycles. The zero-order chi connectivity index (χ0) is 14.8. The zero-order valence-corrected chi connectivity index (χ0v) is 12.6. The summed E-state index contributed by atoms with van der Waals surface area (Å²) in [4.78, 5) is 15.1. The normalized spacial score (nSPS) is 15.3. The Morgan fingerprint density at radius 2 is 2.33 bits per heavy atom. The molecule has 110 valence electrons. The van der Waals surface area contributed by atoms with Gasteiger partial charge in [0.2, 0.25) is 0 Å². The van der Waals surface area contributed by atoms with Crippen LogP contribution in [0.3, 0.4) is 0 Å². The number of carbonyl (C=O) groups excluding carboxylic acids is 1. The van der Waals surface area contributed by atoms with Crippen molar-refractivity contribution in [3.8, 4) is 0 Å². The van der Waals surface area contributed by atoms with Crippen LogP contribution in [-0.4, -0.2) is 25.7 Å². The Morgan fingerprint density at radius 3 is 3.14 bits per heavy atom. The molecule has 3 heterocycles. The third kappa shape index (κ3) is 2.73. The molecule has 0 bridgehead atoms. The lowest BCUT2D eigenvalue weighted by Crippen LogP contribution is -2.29. The van der Waals surface area contributed by atoms with E-state index in [2.05, 4.69) is 25.1 Å². The lowest BCUT2D eigenvalue weighted by Gasteiger charge is -2.18. The molecule has 0 unspecified atom stereocenters. The van der Waals surface area contributed by atoms with Crippen LogP contribution in [0.4, 0.5) is 0 Å². The number of amides is 1. The van der Waals surface area contributed by atoms with Gasteiger partial charge >= 0.3 is 0 Å². The largest absolute Gasteiger partial charge is 0.352 e. The first-order valence-corrected chi connectivity index (χ1v) is 7.48. The van der Waals surface area contributed by atoms with Crippen molar-refractivity contribution < 1.29 is 4.79 Å². The van der Waals surface area contributed by atoms with Crippen LogP contribution >= 0.6 is 12.2 Å². The standard InChI is InChI=1S/C14H17N5OS/c1-9(12-18-17-11-6-2-3-8-19(11)12)16-13(20)10-5-4-7-15-14(10)21/h4-5,7,9H,2-3,6,8H2,1H3,(H,15,21)(H,16,20)/t9-/m1/s1. The summed E-state index contributed by atoms with van der Waals surface area (Å²) in [5.74, 6) is 1.62. The van der Waals surface area contributed by atoms with Crippen LogP contribution in [0, 0.1) is 4.64 Å². The van der Waals surface area contributed by atoms with Gasteiger partial charge < -0.3 is 14.9 Å². The van der Waals surface area contributed by atoms with Crippen LogP contribution in [0.2, 0.25) is 0 Å². The molecule has 7 heteroatoms. The molecule has 0 spiro atoms. The van der Waals surface area contributed by atoms with Crippen LogP contribution < -0.4 is 5.32 Å². The van der Waals surface area contributed by atoms with Gasteiger partial charge in [0.1, 0.15) is 10.5 Å². The number of aromatic nitrogens is 4. The van der Waals surface area contributed by atoms with Crippen molar-refractivity contribution in [3.63, 3.8) is 0 Å². The van der Waals surface area contributed by atoms with Gasteiger partial charge in [-0.05, 0) is 31.9 Å². The molecule has 1 amide bonds. The third-order valence-electron chi connectivity index (χ3n) is 3.69. The Balaban J connectivity index is 1.79. The van der Waals surface area contributed by atoms with E-state index in [4.69, 9.17) is 12.2 Å². The van der Waals surface area contributed by atoms with Gasteiger partial charge in [-0.25, -0.2) is 0 Å². The number of carbonyl (C=O) groups is 1. The molecule has 1 aliphatic rings. The number of H-pyrrole nitrogens is 1. The number of pyridine rings is 1. The van der Waals surface area contributed by atoms with Crippen molar-refractivity contribution in [1.82, 2.24) is 25.1 Å². The molecule has 21 heavy (non-hydrogen) atoms. The van der Waals surface area contributed by atoms with E-state index in [0.717, 1.165) is 37.5 Å². The van der Waals surface area contributed by atoms with Crippen molar-refractivity contribution in [2.75, 3.05) is 0 Å². The van der Waals surface area contributed by atoms with Crippen molar-refractivity contribution in [2.24, 2.45) is 0 Å². The zero-order valence-electron chi connectivity index (χ0n) is 11.8. The Morgan fingerprint density at radius 1 is 1.48 bits per heavy atom. The van der Waals surface area contributed by atoms with E-state index in [0.29, 0.717) is 10.2 Å². The second-order valence-electron chi connectivity index (χ2n) is 5.19. The number of nitrogens with one attached hydrogen (secondary N) is 2. The fourth-order valence-electron chi connectivity index (χ4n) is 2.59. The molecule has 2 N–H and O–H groups in total. The first-order valence-electron chi connectivity index (χ1n) is 7.07. The Bertz CT molecular complexity index is 720. The summed E-state index contributed by atoms with van der Waals surface area (Å²) < 4.78 is 2.55. The topological polar surface area (TPSA) is 75.6 Å². The second kappa shape index (κ2) is 5.77. The van der Waals surface area contributed by atoms with E-state index in [1.807, 2.05) is 6.92 Å². The summed E-state index contributed by atoms with van der Waals surface area (Å²) in [6.45, 7) is 2.84. The quantitative estimate of drug-likeness (QED) is 0.852. The van der Waals surface area contributed by atoms with Crippen LogP contribution in [-0.2, 0) is 13.0 Å². The summed E-state index contributed by atoms with van der Waals surface area (Å²) in [6, 6.07) is 3.26. The maximum Gasteiger partial charge on any atom is 0.254 e. The van der Waals surface area contributed by atoms with E-state index in [1.165, 1.54) is 0 Å². The van der Waals surface area contributed by atoms with E-state index >= 15 is 0 Å². The molecular weight excluding hydrogens is 286 g/mol. The number of hydrogen-bond donors (Lipinski definition) is 2. The Hall–Kier alpha value is -2.02. The molecule has 0 saturated heterocycles. The Labute approximate surface area is 127 Å². The minimum Gasteiger partial charge on any atom is -0.352 e. The van der Waals surface area contributed by atoms with Gasteiger partial charge in [-0.3, -0.25) is 4.79 Å². The lowest BCUT2D eigenvalue weighted by molar-refractivity contribution is 0.0936. The van der Waals surface area contributed by atoms with E-state index in [1.54, 1.807) is 18.3 Å². The Kier molecular flexibility index (Phi) is 3.83. The summed E-state index contributed by atoms with van der Waals surface area (Å²) in [5.41, 5.74) is 0.470. The molecule has 1 atom stereocenters. The number of hydrogen-bond acceptors (Lipinski definition) is 4. The molecule has 0 aliphatic carbocycles. The molecule has 2 aromatic heterocycles. The van der Waals surface area contributed by atoms with E-state index < -0.39 is 0 Å². The molecule has 3 rings (SSSR count). The first kappa shape index (κ1) is 13.9. The smallest absolute Gasteiger partial charge is 0.254 e. The molecule has 6 nitrogen and oxygen atoms in total. The van der Waals surface area contributed by atoms with Crippen LogP contribution in [0.1, 0.15) is 47.8 Å². The highest BCUT2D eigenvalue weighted by molar-refractivity contribution is 7.71. The summed E-state index contributed by atoms with van der Waals surface area (Å²) in [5, 5.41) is 11.4. The van der Waals surface area contributed by atoms with Crippen LogP contribution in [0.5, 0.6) is 0 Å². The van der Waals surface area contributed by atoms with Gasteiger partial charge in [0.05, 0.1) is 11.6 Å². The van der Waals surface area contributed by atoms with Crippen LogP contribution in [0.25, 0.3) is 0 Å². The average Bonchev–Trinajstić information content (AvgIpc) is 2.91. The number of rotatable bonds is 3. The summed E-state index contributed by atoms with van der Waals surface area (Å²) >= 11 is 5.13. The monoisotopic (exact) mass is 303 g/mol. The number of nitrogens with zero attached hydrogens (tertiary/aromatic N) is 3. The van der Waals surface area contributed by atoms with Crippen molar-refractivity contribution in [1.29, 1.82) is 0 Å². The van der Waals surface area contributed by atoms with E-state index in [-0.39, 0.29) is 11.9 Å². The first-order chi connectivity index (χ1) is 10.2. The number of aryl methyl sites for hydroxylation is 1. The maximum atomic E-state index is 12.3. The van der Waals surface area contributed by atoms with Gasteiger partial charge in [0.25, 0.3) is 5.91 Å². The van der Waals surface area contributed by atoms with Gasteiger partial charge in [-0.1, -0.05) is 12.2 Å². The van der Waals surface area contributed by atoms with Gasteiger partial charge in [0, 0.05) is 19.2 Å². The number of aromatic amines is 1. The third-order valence-corrected chi connectivity index (χ3v) is 4.02. The van der Waals surface area contributed by atoms with E-state index in [9.17, 15) is 4.79 Å². The predicted octanol–water partition coefficient (Wildman–Crippen LogP) is 2.16. The highest BCUT2D eigenvalue weighted by Gasteiger charge is 2.21. The fraction of sp³-hybridized carbons (Fsp3) is 0.429. The highest BCUT2D eigenvalue weighted by atomic mass is 32.1. The molecule has 0 radical (unpaired) electrons. The molecular formula is C14H17N5OS. The van der Waals surface area contributed by atoms with Crippen molar-refractivity contribution >= 4 is 18.1 Å². The lowest BCUT2D eigenvalue weighted by atomic mass is 10.1. The highest BCUT2D eigenvalue weighted by Crippen LogP contribution is 2.19. The SMILES string of the molecule is C[C@@H](NC(=O)c1ccc[nH]c1=S)c1nnc2n1CCCC2. The molecule has 0 fully saturated rings. The fourth-order valence-corrected chi connectivity index (χ4v) is 2.82. The summed E-state index contributed by atoms with van der Waals surface area (Å²) in [7, 11) is 0. The average molecular weight is 303 g/mol. The molecule has 2 aromatic rings. The minimum absolute atomic E-state index is 0.197. The molecule has 0 saturated carbocycles. The second-order valence-corrected chi connectivity index (χ2v) is 5.60. The molecule has 0 aromatic carbocycles. The summed E-state index contributed by atoms with van der Waals surface area (Å²) in [6.07, 6.45) is 4.94. The minimum atomic E-state index is -0.202. The number of fused-ring (bicyclic) bond motifs is 1. The van der Waals surface area contributed by atoms with Crippen molar-refractivity contribution in [2.45, 2.75) is 38.8 Å². The van der Waals surface area contributed by atoms with Crippen molar-refractivity contribution in [3.05, 3.63) is 40.2 Å². The van der Waals surface area contributed by atoms with Gasteiger partial charge in [0.15, 0.2) is 5.82 Å². The van der Waals surface area contributed by atoms with Gasteiger partial charge in [-0.15, -0.1) is 10.2 Å². The maximum absolute atomic E-state index is 12.3. The van der Waals surface area contributed by atoms with Gasteiger partial charge in [-0.2, -0.15) is 0 Å². The predicted molar refractivity (Wildman–Crippen MR) is 80.5 cm³/mol.